The molecule has 7 heteroatoms. The Labute approximate surface area is 180 Å². The Morgan fingerprint density at radius 3 is 2.77 bits per heavy atom. The van der Waals surface area contributed by atoms with Crippen LogP contribution in [0.15, 0.2) is 47.8 Å². The van der Waals surface area contributed by atoms with Crippen molar-refractivity contribution in [1.82, 2.24) is 9.88 Å². The number of hydrogen-bond donors (Lipinski definition) is 1. The second-order valence-electron chi connectivity index (χ2n) is 7.42. The maximum absolute atomic E-state index is 12.3. The molecule has 30 heavy (non-hydrogen) atoms. The van der Waals surface area contributed by atoms with Gasteiger partial charge in [0.05, 0.1) is 12.1 Å². The van der Waals surface area contributed by atoms with Gasteiger partial charge in [-0.05, 0) is 43.3 Å². The first kappa shape index (κ1) is 20.4. The van der Waals surface area contributed by atoms with Gasteiger partial charge in [0.2, 0.25) is 5.91 Å². The van der Waals surface area contributed by atoms with Gasteiger partial charge in [0.1, 0.15) is 18.2 Å². The zero-order chi connectivity index (χ0) is 20.9. The van der Waals surface area contributed by atoms with E-state index in [1.165, 1.54) is 11.3 Å². The fourth-order valence-corrected chi connectivity index (χ4v) is 4.16. The lowest BCUT2D eigenvalue weighted by molar-refractivity contribution is -0.115. The Hall–Kier alpha value is -2.90. The molecule has 1 amide bonds. The lowest BCUT2D eigenvalue weighted by Crippen LogP contribution is -2.19. The summed E-state index contributed by atoms with van der Waals surface area (Å²) in [4.78, 5) is 19.2. The molecular weight excluding hydrogens is 398 g/mol. The number of aryl methyl sites for hydroxylation is 1. The van der Waals surface area contributed by atoms with Gasteiger partial charge in [-0.15, -0.1) is 11.3 Å². The minimum Gasteiger partial charge on any atom is -0.486 e. The molecule has 0 spiro atoms. The van der Waals surface area contributed by atoms with Crippen molar-refractivity contribution >= 4 is 22.9 Å². The summed E-state index contributed by atoms with van der Waals surface area (Å²) in [6.45, 7) is 4.66. The summed E-state index contributed by atoms with van der Waals surface area (Å²) in [5.74, 6) is 1.57. The number of para-hydroxylation sites is 1. The standard InChI is InChI=1S/C23H25N3O3S/c1-16-5-3-4-6-19(16)25-22(27)12-23-24-18(15-30-23)14-26(2)13-17-7-8-20-21(11-17)29-10-9-28-20/h3-8,11,15H,9-10,12-14H2,1-2H3,(H,25,27). The molecule has 1 aliphatic heterocycles. The maximum Gasteiger partial charge on any atom is 0.231 e. The highest BCUT2D eigenvalue weighted by Crippen LogP contribution is 2.31. The fraction of sp³-hybridized carbons (Fsp3) is 0.304. The molecule has 1 aromatic heterocycles. The number of hydrogen-bond acceptors (Lipinski definition) is 6. The van der Waals surface area contributed by atoms with Crippen molar-refractivity contribution in [1.29, 1.82) is 0 Å². The third-order valence-corrected chi connectivity index (χ3v) is 5.72. The SMILES string of the molecule is Cc1ccccc1NC(=O)Cc1nc(CN(C)Cc2ccc3c(c2)OCCO3)cs1. The van der Waals surface area contributed by atoms with E-state index in [1.807, 2.05) is 48.7 Å². The number of nitrogens with zero attached hydrogens (tertiary/aromatic N) is 2. The maximum atomic E-state index is 12.3. The van der Waals surface area contributed by atoms with Crippen LogP contribution in [0.5, 0.6) is 11.5 Å². The van der Waals surface area contributed by atoms with Gasteiger partial charge in [-0.25, -0.2) is 4.98 Å². The Bertz CT molecular complexity index is 1030. The number of fused-ring (bicyclic) bond motifs is 1. The van der Waals surface area contributed by atoms with Crippen LogP contribution in [-0.2, 0) is 24.3 Å². The summed E-state index contributed by atoms with van der Waals surface area (Å²) >= 11 is 1.52. The summed E-state index contributed by atoms with van der Waals surface area (Å²) in [7, 11) is 2.06. The second-order valence-corrected chi connectivity index (χ2v) is 8.37. The van der Waals surface area contributed by atoms with Crippen LogP contribution in [0.3, 0.4) is 0 Å². The van der Waals surface area contributed by atoms with Crippen LogP contribution < -0.4 is 14.8 Å². The average Bonchev–Trinajstić information content (AvgIpc) is 3.16. The van der Waals surface area contributed by atoms with Crippen molar-refractivity contribution in [3.8, 4) is 11.5 Å². The number of ether oxygens (including phenoxy) is 2. The van der Waals surface area contributed by atoms with Crippen LogP contribution in [0.4, 0.5) is 5.69 Å². The monoisotopic (exact) mass is 423 g/mol. The van der Waals surface area contributed by atoms with Crippen molar-refractivity contribution in [2.75, 3.05) is 25.6 Å². The van der Waals surface area contributed by atoms with Crippen molar-refractivity contribution in [2.24, 2.45) is 0 Å². The van der Waals surface area contributed by atoms with E-state index >= 15 is 0 Å². The van der Waals surface area contributed by atoms with Crippen molar-refractivity contribution in [3.63, 3.8) is 0 Å². The van der Waals surface area contributed by atoms with Crippen LogP contribution in [0.2, 0.25) is 0 Å². The number of carbonyl (C=O) groups is 1. The Kier molecular flexibility index (Phi) is 6.30. The van der Waals surface area contributed by atoms with E-state index in [9.17, 15) is 4.79 Å². The quantitative estimate of drug-likeness (QED) is 0.622. The summed E-state index contributed by atoms with van der Waals surface area (Å²) in [6, 6.07) is 13.8. The third kappa shape index (κ3) is 5.17. The van der Waals surface area contributed by atoms with Crippen molar-refractivity contribution in [3.05, 3.63) is 69.7 Å². The zero-order valence-electron chi connectivity index (χ0n) is 17.2. The molecule has 1 N–H and O–H groups in total. The number of aromatic nitrogens is 1. The lowest BCUT2D eigenvalue weighted by atomic mass is 10.2. The highest BCUT2D eigenvalue weighted by atomic mass is 32.1. The van der Waals surface area contributed by atoms with Crippen molar-refractivity contribution < 1.29 is 14.3 Å². The van der Waals surface area contributed by atoms with Crippen LogP contribution >= 0.6 is 11.3 Å². The van der Waals surface area contributed by atoms with Gasteiger partial charge >= 0.3 is 0 Å². The van der Waals surface area contributed by atoms with Crippen LogP contribution in [0, 0.1) is 6.92 Å². The Morgan fingerprint density at radius 1 is 1.13 bits per heavy atom. The average molecular weight is 424 g/mol. The molecule has 156 valence electrons. The second kappa shape index (κ2) is 9.28. The zero-order valence-corrected chi connectivity index (χ0v) is 18.0. The molecule has 0 saturated heterocycles. The van der Waals surface area contributed by atoms with Gasteiger partial charge < -0.3 is 14.8 Å². The van der Waals surface area contributed by atoms with E-state index in [0.29, 0.717) is 19.8 Å². The smallest absolute Gasteiger partial charge is 0.231 e. The highest BCUT2D eigenvalue weighted by Gasteiger charge is 2.14. The molecule has 6 nitrogen and oxygen atoms in total. The molecule has 0 radical (unpaired) electrons. The minimum absolute atomic E-state index is 0.0465. The van der Waals surface area contributed by atoms with Gasteiger partial charge in [-0.1, -0.05) is 24.3 Å². The van der Waals surface area contributed by atoms with E-state index in [2.05, 4.69) is 28.3 Å². The lowest BCUT2D eigenvalue weighted by Gasteiger charge is -2.20. The molecule has 4 rings (SSSR count). The third-order valence-electron chi connectivity index (χ3n) is 4.82. The minimum atomic E-state index is -0.0465. The Morgan fingerprint density at radius 2 is 1.93 bits per heavy atom. The molecular formula is C23H25N3O3S. The molecule has 0 saturated carbocycles. The number of benzene rings is 2. The normalized spacial score (nSPS) is 12.8. The first-order chi connectivity index (χ1) is 14.6. The summed E-state index contributed by atoms with van der Waals surface area (Å²) in [5.41, 5.74) is 4.03. The molecule has 0 aliphatic carbocycles. The molecule has 1 aliphatic rings. The molecule has 3 aromatic rings. The molecule has 0 unspecified atom stereocenters. The first-order valence-corrected chi connectivity index (χ1v) is 10.8. The molecule has 0 fully saturated rings. The van der Waals surface area contributed by atoms with Crippen LogP contribution in [-0.4, -0.2) is 36.1 Å². The van der Waals surface area contributed by atoms with Gasteiger partial charge in [-0.3, -0.25) is 9.69 Å². The number of rotatable bonds is 7. The molecule has 0 bridgehead atoms. The predicted octanol–water partition coefficient (Wildman–Crippen LogP) is 4.04. The highest BCUT2D eigenvalue weighted by molar-refractivity contribution is 7.09. The summed E-state index contributed by atoms with van der Waals surface area (Å²) < 4.78 is 11.2. The van der Waals surface area contributed by atoms with Crippen LogP contribution in [0.1, 0.15) is 21.8 Å². The van der Waals surface area contributed by atoms with E-state index in [1.54, 1.807) is 0 Å². The topological polar surface area (TPSA) is 63.7 Å². The number of anilines is 1. The van der Waals surface area contributed by atoms with Crippen LogP contribution in [0.25, 0.3) is 0 Å². The number of carbonyl (C=O) groups excluding carboxylic acids is 1. The van der Waals surface area contributed by atoms with Gasteiger partial charge in [0, 0.05) is 24.2 Å². The van der Waals surface area contributed by atoms with Crippen molar-refractivity contribution in [2.45, 2.75) is 26.4 Å². The van der Waals surface area contributed by atoms with Gasteiger partial charge in [0.25, 0.3) is 0 Å². The summed E-state index contributed by atoms with van der Waals surface area (Å²) in [5, 5.41) is 5.81. The summed E-state index contributed by atoms with van der Waals surface area (Å²) in [6.07, 6.45) is 0.283. The van der Waals surface area contributed by atoms with E-state index in [-0.39, 0.29) is 12.3 Å². The number of thiazole rings is 1. The molecule has 2 heterocycles. The molecule has 2 aromatic carbocycles. The van der Waals surface area contributed by atoms with Gasteiger partial charge in [0.15, 0.2) is 11.5 Å². The predicted molar refractivity (Wildman–Crippen MR) is 118 cm³/mol. The molecule has 0 atom stereocenters. The van der Waals surface area contributed by atoms with E-state index in [0.717, 1.165) is 45.6 Å². The van der Waals surface area contributed by atoms with Gasteiger partial charge in [-0.2, -0.15) is 0 Å². The number of nitrogens with one attached hydrogen (secondary N) is 1. The largest absolute Gasteiger partial charge is 0.486 e. The Balaban J connectivity index is 1.30. The number of amides is 1. The van der Waals surface area contributed by atoms with E-state index < -0.39 is 0 Å². The van der Waals surface area contributed by atoms with E-state index in [4.69, 9.17) is 9.47 Å². The fourth-order valence-electron chi connectivity index (χ4n) is 3.38. The first-order valence-electron chi connectivity index (χ1n) is 9.92.